The van der Waals surface area contributed by atoms with Crippen molar-refractivity contribution < 1.29 is 8.42 Å². The second-order valence-corrected chi connectivity index (χ2v) is 10.2. The topological polar surface area (TPSA) is 139 Å². The average Bonchev–Trinajstić information content (AvgIpc) is 3.52. The van der Waals surface area contributed by atoms with E-state index in [9.17, 15) is 8.42 Å². The van der Waals surface area contributed by atoms with Gasteiger partial charge in [0.05, 0.1) is 28.1 Å². The predicted molar refractivity (Wildman–Crippen MR) is 151 cm³/mol. The number of benzene rings is 2. The van der Waals surface area contributed by atoms with Gasteiger partial charge in [0.15, 0.2) is 11.6 Å². The van der Waals surface area contributed by atoms with Crippen LogP contribution in [0.5, 0.6) is 0 Å². The Morgan fingerprint density at radius 1 is 0.923 bits per heavy atom. The molecule has 196 valence electrons. The highest BCUT2D eigenvalue weighted by molar-refractivity contribution is 7.89. The maximum Gasteiger partial charge on any atom is 0.240 e. The van der Waals surface area contributed by atoms with Crippen LogP contribution in [-0.2, 0) is 10.0 Å². The Bertz CT molecular complexity index is 1690. The Kier molecular flexibility index (Phi) is 7.39. The molecule has 0 saturated carbocycles. The van der Waals surface area contributed by atoms with Crippen molar-refractivity contribution in [3.05, 3.63) is 103 Å². The van der Waals surface area contributed by atoms with Crippen LogP contribution in [0, 0.1) is 0 Å². The summed E-state index contributed by atoms with van der Waals surface area (Å²) in [5.41, 5.74) is 6.82. The Hall–Kier alpha value is -4.94. The first-order valence-electron chi connectivity index (χ1n) is 11.9. The highest BCUT2D eigenvalue weighted by atomic mass is 32.2. The largest absolute Gasteiger partial charge is 0.323 e. The van der Waals surface area contributed by atoms with Gasteiger partial charge in [0.25, 0.3) is 0 Å². The lowest BCUT2D eigenvalue weighted by molar-refractivity contribution is 0.588. The molecule has 0 bridgehead atoms. The number of rotatable bonds is 9. The van der Waals surface area contributed by atoms with E-state index in [0.717, 1.165) is 22.4 Å². The zero-order chi connectivity index (χ0) is 27.2. The average molecular weight is 540 g/mol. The minimum Gasteiger partial charge on any atom is -0.323 e. The first-order chi connectivity index (χ1) is 18.9. The maximum absolute atomic E-state index is 12.1. The molecule has 5 aromatic rings. The molecule has 0 fully saturated rings. The fourth-order valence-electron chi connectivity index (χ4n) is 3.79. The summed E-state index contributed by atoms with van der Waals surface area (Å²) in [7, 11) is -2.15. The van der Waals surface area contributed by atoms with Crippen molar-refractivity contribution in [2.24, 2.45) is 5.10 Å². The molecule has 0 aliphatic carbocycles. The Morgan fingerprint density at radius 2 is 1.72 bits per heavy atom. The molecular weight excluding hydrogens is 514 g/mol. The van der Waals surface area contributed by atoms with Gasteiger partial charge in [0.1, 0.15) is 6.33 Å². The van der Waals surface area contributed by atoms with Crippen LogP contribution in [0.4, 0.5) is 17.5 Å². The smallest absolute Gasteiger partial charge is 0.240 e. The molecule has 0 amide bonds. The van der Waals surface area contributed by atoms with E-state index >= 15 is 0 Å². The van der Waals surface area contributed by atoms with Gasteiger partial charge in [-0.05, 0) is 49.4 Å². The summed E-state index contributed by atoms with van der Waals surface area (Å²) in [6, 6.07) is 19.9. The van der Waals surface area contributed by atoms with Crippen molar-refractivity contribution in [1.82, 2.24) is 29.2 Å². The lowest BCUT2D eigenvalue weighted by Gasteiger charge is -2.16. The first-order valence-corrected chi connectivity index (χ1v) is 13.4. The number of hydrazone groups is 1. The number of hydrogen-bond acceptors (Lipinski definition) is 9. The van der Waals surface area contributed by atoms with Crippen molar-refractivity contribution in [1.29, 1.82) is 0 Å². The summed E-state index contributed by atoms with van der Waals surface area (Å²) in [5, 5.41) is 7.78. The van der Waals surface area contributed by atoms with Crippen LogP contribution in [0.15, 0.2) is 108 Å². The van der Waals surface area contributed by atoms with Gasteiger partial charge in [-0.1, -0.05) is 42.5 Å². The zero-order valence-electron chi connectivity index (χ0n) is 21.1. The molecule has 0 atom stereocenters. The molecule has 11 nitrogen and oxygen atoms in total. The molecule has 0 saturated heterocycles. The van der Waals surface area contributed by atoms with Crippen molar-refractivity contribution >= 4 is 33.2 Å². The number of imidazole rings is 1. The van der Waals surface area contributed by atoms with Crippen molar-refractivity contribution in [2.45, 2.75) is 11.8 Å². The van der Waals surface area contributed by atoms with E-state index in [0.29, 0.717) is 23.3 Å². The van der Waals surface area contributed by atoms with E-state index < -0.39 is 10.0 Å². The van der Waals surface area contributed by atoms with Gasteiger partial charge in [-0.15, -0.1) is 0 Å². The highest BCUT2D eigenvalue weighted by Crippen LogP contribution is 2.33. The van der Waals surface area contributed by atoms with Crippen LogP contribution < -0.4 is 15.5 Å². The summed E-state index contributed by atoms with van der Waals surface area (Å²) in [6.45, 7) is 1.82. The van der Waals surface area contributed by atoms with Crippen LogP contribution in [-0.4, -0.2) is 45.7 Å². The molecule has 39 heavy (non-hydrogen) atoms. The summed E-state index contributed by atoms with van der Waals surface area (Å²) >= 11 is 0. The van der Waals surface area contributed by atoms with Crippen LogP contribution in [0.1, 0.15) is 12.5 Å². The Balaban J connectivity index is 1.58. The normalized spacial score (nSPS) is 11.8. The third-order valence-corrected chi connectivity index (χ3v) is 7.23. The van der Waals surface area contributed by atoms with E-state index in [2.05, 4.69) is 30.5 Å². The molecule has 0 aliphatic rings. The monoisotopic (exact) mass is 539 g/mol. The molecule has 2 aromatic carbocycles. The second-order valence-electron chi connectivity index (χ2n) is 8.34. The third-order valence-electron chi connectivity index (χ3n) is 5.80. The van der Waals surface area contributed by atoms with Gasteiger partial charge in [-0.2, -0.15) is 15.1 Å². The van der Waals surface area contributed by atoms with E-state index in [1.165, 1.54) is 19.2 Å². The standard InChI is InChI=1S/C27H25N9O2S/c1-19(20-10-12-23(13-11-20)39(37,38)28-2)34-35-25-24(21-7-4-3-5-8-21)26(36-16-15-30-18-36)33-27(32-25)31-22-9-6-14-29-17-22/h3-18,28H,1-2H3,(H2,31,32,33,35). The van der Waals surface area contributed by atoms with Gasteiger partial charge in [-0.25, -0.2) is 18.1 Å². The number of nitrogens with one attached hydrogen (secondary N) is 3. The summed E-state index contributed by atoms with van der Waals surface area (Å²) in [6.07, 6.45) is 8.52. The number of sulfonamides is 1. The molecule has 0 aliphatic heterocycles. The van der Waals surface area contributed by atoms with Gasteiger partial charge in [-0.3, -0.25) is 15.0 Å². The lowest BCUT2D eigenvalue weighted by atomic mass is 10.1. The summed E-state index contributed by atoms with van der Waals surface area (Å²) in [4.78, 5) is 18.1. The lowest BCUT2D eigenvalue weighted by Crippen LogP contribution is -2.18. The van der Waals surface area contributed by atoms with E-state index in [1.54, 1.807) is 41.6 Å². The number of aromatic nitrogens is 5. The van der Waals surface area contributed by atoms with Crippen molar-refractivity contribution in [2.75, 3.05) is 17.8 Å². The quantitative estimate of drug-likeness (QED) is 0.187. The molecule has 3 heterocycles. The van der Waals surface area contributed by atoms with Crippen molar-refractivity contribution in [3.63, 3.8) is 0 Å². The summed E-state index contributed by atoms with van der Waals surface area (Å²) < 4.78 is 28.3. The van der Waals surface area contributed by atoms with Gasteiger partial charge >= 0.3 is 0 Å². The second kappa shape index (κ2) is 11.2. The number of hydrogen-bond donors (Lipinski definition) is 3. The van der Waals surface area contributed by atoms with E-state index in [-0.39, 0.29) is 4.90 Å². The Labute approximate surface area is 225 Å². The molecule has 0 radical (unpaired) electrons. The number of nitrogens with zero attached hydrogens (tertiary/aromatic N) is 6. The van der Waals surface area contributed by atoms with Gasteiger partial charge in [0.2, 0.25) is 16.0 Å². The summed E-state index contributed by atoms with van der Waals surface area (Å²) in [5.74, 6) is 1.39. The molecule has 5 rings (SSSR count). The SMILES string of the molecule is CNS(=O)(=O)c1ccc(C(C)=NNc2nc(Nc3cccnc3)nc(-n3ccnc3)c2-c2ccccc2)cc1. The van der Waals surface area contributed by atoms with Crippen LogP contribution >= 0.6 is 0 Å². The predicted octanol–water partition coefficient (Wildman–Crippen LogP) is 4.21. The Morgan fingerprint density at radius 3 is 2.38 bits per heavy atom. The highest BCUT2D eigenvalue weighted by Gasteiger charge is 2.18. The maximum atomic E-state index is 12.1. The van der Waals surface area contributed by atoms with Crippen LogP contribution in [0.3, 0.4) is 0 Å². The third kappa shape index (κ3) is 5.81. The minimum absolute atomic E-state index is 0.174. The van der Waals surface area contributed by atoms with Crippen LogP contribution in [0.2, 0.25) is 0 Å². The zero-order valence-corrected chi connectivity index (χ0v) is 22.0. The van der Waals surface area contributed by atoms with Gasteiger partial charge in [0, 0.05) is 18.6 Å². The van der Waals surface area contributed by atoms with Crippen LogP contribution in [0.25, 0.3) is 16.9 Å². The minimum atomic E-state index is -3.53. The number of anilines is 3. The van der Waals surface area contributed by atoms with Gasteiger partial charge < -0.3 is 5.32 Å². The molecule has 12 heteroatoms. The molecule has 0 unspecified atom stereocenters. The molecule has 3 aromatic heterocycles. The molecule has 3 N–H and O–H groups in total. The first kappa shape index (κ1) is 25.7. The molecular formula is C27H25N9O2S. The fourth-order valence-corrected chi connectivity index (χ4v) is 4.52. The van der Waals surface area contributed by atoms with E-state index in [4.69, 9.17) is 9.97 Å². The van der Waals surface area contributed by atoms with Crippen molar-refractivity contribution in [3.8, 4) is 16.9 Å². The van der Waals surface area contributed by atoms with E-state index in [1.807, 2.05) is 55.6 Å². The molecule has 0 spiro atoms. The number of pyridine rings is 1. The fraction of sp³-hybridized carbons (Fsp3) is 0.0741.